The monoisotopic (exact) mass is 241 g/mol. The topological polar surface area (TPSA) is 38.3 Å². The summed E-state index contributed by atoms with van der Waals surface area (Å²) in [7, 11) is 0.707. The summed E-state index contributed by atoms with van der Waals surface area (Å²) in [5.41, 5.74) is 2.19. The molecule has 0 atom stereocenters. The molecule has 1 aliphatic heterocycles. The number of β-lactam (4-membered cyclic amide) rings is 1. The van der Waals surface area contributed by atoms with Crippen molar-refractivity contribution in [2.45, 2.75) is 34.6 Å². The van der Waals surface area contributed by atoms with E-state index in [-0.39, 0.29) is 16.7 Å². The number of hydrogen-bond acceptors (Lipinski definition) is 2. The Balaban J connectivity index is 3.13. The van der Waals surface area contributed by atoms with Crippen LogP contribution in [0.3, 0.4) is 0 Å². The van der Waals surface area contributed by atoms with Gasteiger partial charge in [-0.15, -0.1) is 0 Å². The highest BCUT2D eigenvalue weighted by Gasteiger charge is 2.40. The minimum absolute atomic E-state index is 0.0233. The Kier molecular flexibility index (Phi) is 3.64. The van der Waals surface area contributed by atoms with Crippen LogP contribution >= 0.6 is 0 Å². The van der Waals surface area contributed by atoms with Gasteiger partial charge in [0.25, 0.3) is 0 Å². The van der Waals surface area contributed by atoms with Gasteiger partial charge in [-0.3, -0.25) is 4.79 Å². The Labute approximate surface area is 101 Å². The van der Waals surface area contributed by atoms with E-state index in [0.29, 0.717) is 23.6 Å². The highest BCUT2D eigenvalue weighted by Crippen LogP contribution is 2.45. The first-order valence-corrected chi connectivity index (χ1v) is 6.53. The SMILES string of the molecule is CC(C)(C)C(C)(C)/C(CO[SiH3])=C1/CNC1=O. The molecule has 16 heavy (non-hydrogen) atoms. The molecule has 0 aliphatic carbocycles. The Morgan fingerprint density at radius 1 is 1.38 bits per heavy atom. The van der Waals surface area contributed by atoms with Gasteiger partial charge in [0, 0.05) is 12.1 Å². The van der Waals surface area contributed by atoms with Crippen molar-refractivity contribution >= 4 is 16.4 Å². The minimum Gasteiger partial charge on any atom is -0.424 e. The molecule has 0 saturated carbocycles. The van der Waals surface area contributed by atoms with Crippen molar-refractivity contribution in [3.05, 3.63) is 11.1 Å². The predicted molar refractivity (Wildman–Crippen MR) is 69.2 cm³/mol. The summed E-state index contributed by atoms with van der Waals surface area (Å²) in [6, 6.07) is 0. The first-order valence-electron chi connectivity index (χ1n) is 5.71. The standard InChI is InChI=1S/C12H23NO2Si/c1-11(2,3)12(4,5)9(7-15-16)8-6-13-10(8)14/h6-7H2,1-5,16H3,(H,13,14)/b9-8-. The molecule has 0 aromatic rings. The molecule has 1 N–H and O–H groups in total. The Morgan fingerprint density at radius 2 is 1.94 bits per heavy atom. The molecule has 0 aromatic heterocycles. The summed E-state index contributed by atoms with van der Waals surface area (Å²) in [5, 5.41) is 2.78. The van der Waals surface area contributed by atoms with Crippen molar-refractivity contribution in [1.82, 2.24) is 5.32 Å². The lowest BCUT2D eigenvalue weighted by Crippen LogP contribution is -2.46. The van der Waals surface area contributed by atoms with Gasteiger partial charge in [-0.05, 0) is 16.4 Å². The smallest absolute Gasteiger partial charge is 0.249 e. The van der Waals surface area contributed by atoms with E-state index in [1.807, 2.05) is 0 Å². The van der Waals surface area contributed by atoms with E-state index >= 15 is 0 Å². The summed E-state index contributed by atoms with van der Waals surface area (Å²) < 4.78 is 5.39. The van der Waals surface area contributed by atoms with Crippen LogP contribution in [-0.4, -0.2) is 29.5 Å². The highest BCUT2D eigenvalue weighted by atomic mass is 28.2. The zero-order chi connectivity index (χ0) is 12.6. The summed E-state index contributed by atoms with van der Waals surface area (Å²) in [6.07, 6.45) is 0. The first-order chi connectivity index (χ1) is 7.21. The van der Waals surface area contributed by atoms with Crippen molar-refractivity contribution in [3.63, 3.8) is 0 Å². The summed E-state index contributed by atoms with van der Waals surface area (Å²) in [4.78, 5) is 11.5. The Hall–Kier alpha value is -0.613. The molecule has 3 nitrogen and oxygen atoms in total. The molecule has 0 bridgehead atoms. The molecule has 1 heterocycles. The molecule has 1 fully saturated rings. The third-order valence-electron chi connectivity index (χ3n) is 3.98. The molecule has 1 rings (SSSR count). The van der Waals surface area contributed by atoms with Crippen molar-refractivity contribution < 1.29 is 9.22 Å². The van der Waals surface area contributed by atoms with Crippen molar-refractivity contribution in [1.29, 1.82) is 0 Å². The van der Waals surface area contributed by atoms with Gasteiger partial charge in [0.1, 0.15) is 10.5 Å². The molecule has 0 radical (unpaired) electrons. The van der Waals surface area contributed by atoms with Gasteiger partial charge >= 0.3 is 0 Å². The van der Waals surface area contributed by atoms with Crippen LogP contribution in [0.15, 0.2) is 11.1 Å². The molecular weight excluding hydrogens is 218 g/mol. The number of amides is 1. The van der Waals surface area contributed by atoms with E-state index in [9.17, 15) is 4.79 Å². The molecule has 4 heteroatoms. The summed E-state index contributed by atoms with van der Waals surface area (Å²) in [6.45, 7) is 12.3. The summed E-state index contributed by atoms with van der Waals surface area (Å²) in [5.74, 6) is 0.0750. The highest BCUT2D eigenvalue weighted by molar-refractivity contribution is 6.01. The Bertz CT molecular complexity index is 326. The van der Waals surface area contributed by atoms with Gasteiger partial charge in [-0.1, -0.05) is 34.6 Å². The van der Waals surface area contributed by atoms with Crippen LogP contribution in [0.1, 0.15) is 34.6 Å². The lowest BCUT2D eigenvalue weighted by atomic mass is 9.63. The fourth-order valence-corrected chi connectivity index (χ4v) is 2.02. The molecular formula is C12H23NO2Si. The zero-order valence-corrected chi connectivity index (χ0v) is 13.2. The van der Waals surface area contributed by atoms with Crippen LogP contribution in [0.4, 0.5) is 0 Å². The number of rotatable bonds is 3. The van der Waals surface area contributed by atoms with Crippen LogP contribution in [0.2, 0.25) is 0 Å². The fourth-order valence-electron chi connectivity index (χ4n) is 1.73. The Morgan fingerprint density at radius 3 is 2.19 bits per heavy atom. The van der Waals surface area contributed by atoms with Crippen LogP contribution in [0.5, 0.6) is 0 Å². The second kappa shape index (κ2) is 4.34. The molecule has 0 spiro atoms. The lowest BCUT2D eigenvalue weighted by molar-refractivity contribution is -0.120. The fraction of sp³-hybridized carbons (Fsp3) is 0.750. The number of nitrogens with one attached hydrogen (secondary N) is 1. The largest absolute Gasteiger partial charge is 0.424 e. The lowest BCUT2D eigenvalue weighted by Gasteiger charge is -2.43. The number of carbonyl (C=O) groups excluding carboxylic acids is 1. The van der Waals surface area contributed by atoms with E-state index < -0.39 is 0 Å². The van der Waals surface area contributed by atoms with Crippen LogP contribution < -0.4 is 5.32 Å². The van der Waals surface area contributed by atoms with Crippen molar-refractivity contribution in [2.75, 3.05) is 13.2 Å². The maximum Gasteiger partial charge on any atom is 0.249 e. The van der Waals surface area contributed by atoms with Gasteiger partial charge in [-0.25, -0.2) is 0 Å². The van der Waals surface area contributed by atoms with Gasteiger partial charge < -0.3 is 9.74 Å². The maximum absolute atomic E-state index is 11.5. The second-order valence-electron chi connectivity index (χ2n) is 5.95. The van der Waals surface area contributed by atoms with E-state index in [2.05, 4.69) is 39.9 Å². The van der Waals surface area contributed by atoms with E-state index in [4.69, 9.17) is 4.43 Å². The van der Waals surface area contributed by atoms with E-state index in [1.54, 1.807) is 0 Å². The predicted octanol–water partition coefficient (Wildman–Crippen LogP) is 0.782. The molecule has 92 valence electrons. The number of carbonyl (C=O) groups is 1. The third kappa shape index (κ3) is 2.22. The van der Waals surface area contributed by atoms with Crippen molar-refractivity contribution in [2.24, 2.45) is 10.8 Å². The zero-order valence-electron chi connectivity index (χ0n) is 11.2. The summed E-state index contributed by atoms with van der Waals surface area (Å²) >= 11 is 0. The van der Waals surface area contributed by atoms with Gasteiger partial charge in [-0.2, -0.15) is 0 Å². The first kappa shape index (κ1) is 13.5. The van der Waals surface area contributed by atoms with Gasteiger partial charge in [0.05, 0.1) is 6.61 Å². The molecule has 1 aliphatic rings. The normalized spacial score (nSPS) is 20.4. The molecule has 1 amide bonds. The average Bonchev–Trinajstić information content (AvgIpc) is 2.13. The quantitative estimate of drug-likeness (QED) is 0.450. The number of hydrogen-bond donors (Lipinski definition) is 1. The van der Waals surface area contributed by atoms with E-state index in [1.165, 1.54) is 5.57 Å². The van der Waals surface area contributed by atoms with Crippen LogP contribution in [0, 0.1) is 10.8 Å². The molecule has 0 unspecified atom stereocenters. The van der Waals surface area contributed by atoms with Crippen molar-refractivity contribution in [3.8, 4) is 0 Å². The third-order valence-corrected chi connectivity index (χ3v) is 4.27. The average molecular weight is 241 g/mol. The maximum atomic E-state index is 11.5. The van der Waals surface area contributed by atoms with Crippen LogP contribution in [-0.2, 0) is 9.22 Å². The van der Waals surface area contributed by atoms with Crippen LogP contribution in [0.25, 0.3) is 0 Å². The second-order valence-corrected chi connectivity index (χ2v) is 6.53. The molecule has 1 saturated heterocycles. The van der Waals surface area contributed by atoms with E-state index in [0.717, 1.165) is 5.57 Å². The van der Waals surface area contributed by atoms with Gasteiger partial charge in [0.15, 0.2) is 0 Å². The molecule has 0 aromatic carbocycles. The van der Waals surface area contributed by atoms with Gasteiger partial charge in [0.2, 0.25) is 5.91 Å². The minimum atomic E-state index is -0.0233.